The summed E-state index contributed by atoms with van der Waals surface area (Å²) >= 11 is 0. The number of hydrogen-bond acceptors (Lipinski definition) is 1. The van der Waals surface area contributed by atoms with Crippen LogP contribution in [0.5, 0.6) is 0 Å². The van der Waals surface area contributed by atoms with E-state index in [1.165, 1.54) is 0 Å². The third kappa shape index (κ3) is 5.69. The highest BCUT2D eigenvalue weighted by Crippen LogP contribution is 2.06. The smallest absolute Gasteiger partial charge is 0.0745 e. The number of aliphatic hydroxyl groups excluding tert-OH is 1. The molecule has 0 aliphatic carbocycles. The summed E-state index contributed by atoms with van der Waals surface area (Å²) in [5.41, 5.74) is 0.842. The maximum atomic E-state index is 9.28. The summed E-state index contributed by atoms with van der Waals surface area (Å²) in [5, 5.41) is 9.28. The zero-order chi connectivity index (χ0) is 8.69. The van der Waals surface area contributed by atoms with Gasteiger partial charge in [0.1, 0.15) is 0 Å². The lowest BCUT2D eigenvalue weighted by Gasteiger charge is -2.07. The fourth-order valence-corrected chi connectivity index (χ4v) is 0.755. The van der Waals surface area contributed by atoms with Crippen LogP contribution in [0.15, 0.2) is 12.2 Å². The highest BCUT2D eigenvalue weighted by molar-refractivity contribution is 4.98. The molecule has 0 saturated carbocycles. The fraction of sp³-hybridized carbons (Fsp3) is 0.600. The van der Waals surface area contributed by atoms with Gasteiger partial charge in [-0.3, -0.25) is 0 Å². The molecule has 0 saturated heterocycles. The van der Waals surface area contributed by atoms with Crippen LogP contribution in [0.2, 0.25) is 0 Å². The molecule has 0 spiro atoms. The van der Waals surface area contributed by atoms with Gasteiger partial charge in [-0.05, 0) is 26.7 Å². The van der Waals surface area contributed by atoms with Gasteiger partial charge in [-0.15, -0.1) is 11.8 Å². The maximum absolute atomic E-state index is 9.28. The second-order valence-electron chi connectivity index (χ2n) is 2.68. The number of unbranched alkanes of at least 4 members (excludes halogenated alkanes) is 1. The van der Waals surface area contributed by atoms with Crippen molar-refractivity contribution in [2.45, 2.75) is 39.2 Å². The van der Waals surface area contributed by atoms with Crippen molar-refractivity contribution in [2.75, 3.05) is 0 Å². The molecular formula is C10H16O. The standard InChI is InChI=1S/C10H16O/c1-4-5-6-7-8-10(11)9(2)3/h10-11H,2,6-8H2,1,3H3. The minimum absolute atomic E-state index is 0.339. The molecule has 1 heteroatoms. The van der Waals surface area contributed by atoms with E-state index in [0.29, 0.717) is 0 Å². The summed E-state index contributed by atoms with van der Waals surface area (Å²) in [7, 11) is 0. The van der Waals surface area contributed by atoms with Crippen molar-refractivity contribution in [2.24, 2.45) is 0 Å². The van der Waals surface area contributed by atoms with E-state index < -0.39 is 0 Å². The normalized spacial score (nSPS) is 11.5. The van der Waals surface area contributed by atoms with Gasteiger partial charge in [0, 0.05) is 6.42 Å². The van der Waals surface area contributed by atoms with Crippen LogP contribution in [0.3, 0.4) is 0 Å². The number of hydrogen-bond donors (Lipinski definition) is 1. The quantitative estimate of drug-likeness (QED) is 0.371. The van der Waals surface area contributed by atoms with Crippen LogP contribution in [0.25, 0.3) is 0 Å². The van der Waals surface area contributed by atoms with Crippen LogP contribution in [0, 0.1) is 11.8 Å². The van der Waals surface area contributed by atoms with Gasteiger partial charge in [-0.2, -0.15) is 0 Å². The Morgan fingerprint density at radius 3 is 2.73 bits per heavy atom. The Hall–Kier alpha value is -0.740. The van der Waals surface area contributed by atoms with E-state index in [9.17, 15) is 5.11 Å². The van der Waals surface area contributed by atoms with Crippen molar-refractivity contribution >= 4 is 0 Å². The molecule has 1 atom stereocenters. The first-order valence-electron chi connectivity index (χ1n) is 3.91. The predicted molar refractivity (Wildman–Crippen MR) is 48.1 cm³/mol. The summed E-state index contributed by atoms with van der Waals surface area (Å²) in [6, 6.07) is 0. The SMILES string of the molecule is C=C(C)C(O)CCCC#CC. The topological polar surface area (TPSA) is 20.2 Å². The molecule has 0 aromatic carbocycles. The molecule has 0 bridgehead atoms. The molecule has 1 unspecified atom stereocenters. The van der Waals surface area contributed by atoms with E-state index in [0.717, 1.165) is 24.8 Å². The monoisotopic (exact) mass is 152 g/mol. The van der Waals surface area contributed by atoms with Gasteiger partial charge in [0.15, 0.2) is 0 Å². The zero-order valence-electron chi connectivity index (χ0n) is 7.35. The van der Waals surface area contributed by atoms with E-state index in [4.69, 9.17) is 0 Å². The lowest BCUT2D eigenvalue weighted by molar-refractivity contribution is 0.198. The molecule has 62 valence electrons. The Morgan fingerprint density at radius 2 is 2.27 bits per heavy atom. The Bertz CT molecular complexity index is 171. The first kappa shape index (κ1) is 10.3. The van der Waals surface area contributed by atoms with E-state index in [1.54, 1.807) is 0 Å². The lowest BCUT2D eigenvalue weighted by Crippen LogP contribution is -2.06. The van der Waals surface area contributed by atoms with Crippen LogP contribution in [-0.4, -0.2) is 11.2 Å². The highest BCUT2D eigenvalue weighted by Gasteiger charge is 2.01. The largest absolute Gasteiger partial charge is 0.389 e. The highest BCUT2D eigenvalue weighted by atomic mass is 16.3. The van der Waals surface area contributed by atoms with Crippen molar-refractivity contribution in [3.8, 4) is 11.8 Å². The first-order chi connectivity index (χ1) is 5.18. The second kappa shape index (κ2) is 6.00. The second-order valence-corrected chi connectivity index (χ2v) is 2.68. The third-order valence-corrected chi connectivity index (χ3v) is 1.52. The Morgan fingerprint density at radius 1 is 1.64 bits per heavy atom. The zero-order valence-corrected chi connectivity index (χ0v) is 7.35. The third-order valence-electron chi connectivity index (χ3n) is 1.52. The number of rotatable bonds is 4. The van der Waals surface area contributed by atoms with Crippen LogP contribution in [0.1, 0.15) is 33.1 Å². The Kier molecular flexibility index (Phi) is 5.60. The van der Waals surface area contributed by atoms with Crippen LogP contribution in [-0.2, 0) is 0 Å². The summed E-state index contributed by atoms with van der Waals surface area (Å²) < 4.78 is 0. The van der Waals surface area contributed by atoms with Crippen molar-refractivity contribution in [3.63, 3.8) is 0 Å². The summed E-state index contributed by atoms with van der Waals surface area (Å²) in [6.45, 7) is 7.34. The fourth-order valence-electron chi connectivity index (χ4n) is 0.755. The predicted octanol–water partition coefficient (Wildman–Crippen LogP) is 2.12. The van der Waals surface area contributed by atoms with Gasteiger partial charge in [0.2, 0.25) is 0 Å². The average Bonchev–Trinajstić information content (AvgIpc) is 1.97. The molecule has 0 fully saturated rings. The Balaban J connectivity index is 3.36. The molecule has 0 aliphatic heterocycles. The maximum Gasteiger partial charge on any atom is 0.0745 e. The molecular weight excluding hydrogens is 136 g/mol. The molecule has 1 nitrogen and oxygen atoms in total. The van der Waals surface area contributed by atoms with Crippen molar-refractivity contribution in [1.82, 2.24) is 0 Å². The van der Waals surface area contributed by atoms with Gasteiger partial charge >= 0.3 is 0 Å². The van der Waals surface area contributed by atoms with Gasteiger partial charge in [-0.1, -0.05) is 12.2 Å². The molecule has 0 rings (SSSR count). The van der Waals surface area contributed by atoms with E-state index in [2.05, 4.69) is 18.4 Å². The minimum atomic E-state index is -0.339. The molecule has 0 radical (unpaired) electrons. The summed E-state index contributed by atoms with van der Waals surface area (Å²) in [6.07, 6.45) is 2.27. The van der Waals surface area contributed by atoms with Gasteiger partial charge in [0.05, 0.1) is 6.10 Å². The van der Waals surface area contributed by atoms with Crippen molar-refractivity contribution in [1.29, 1.82) is 0 Å². The summed E-state index contributed by atoms with van der Waals surface area (Å²) in [4.78, 5) is 0. The molecule has 0 amide bonds. The summed E-state index contributed by atoms with van der Waals surface area (Å²) in [5.74, 6) is 5.77. The molecule has 1 N–H and O–H groups in total. The van der Waals surface area contributed by atoms with Crippen LogP contribution >= 0.6 is 0 Å². The van der Waals surface area contributed by atoms with E-state index in [1.807, 2.05) is 13.8 Å². The molecule has 11 heavy (non-hydrogen) atoms. The molecule has 0 heterocycles. The molecule has 0 aromatic heterocycles. The molecule has 0 aromatic rings. The van der Waals surface area contributed by atoms with Crippen molar-refractivity contribution < 1.29 is 5.11 Å². The van der Waals surface area contributed by atoms with Gasteiger partial charge in [-0.25, -0.2) is 0 Å². The Labute approximate surface area is 69.1 Å². The lowest BCUT2D eigenvalue weighted by atomic mass is 10.1. The average molecular weight is 152 g/mol. The van der Waals surface area contributed by atoms with Gasteiger partial charge in [0.25, 0.3) is 0 Å². The van der Waals surface area contributed by atoms with Crippen LogP contribution in [0.4, 0.5) is 0 Å². The van der Waals surface area contributed by atoms with E-state index >= 15 is 0 Å². The van der Waals surface area contributed by atoms with Crippen LogP contribution < -0.4 is 0 Å². The van der Waals surface area contributed by atoms with E-state index in [-0.39, 0.29) is 6.10 Å². The minimum Gasteiger partial charge on any atom is -0.389 e. The number of aliphatic hydroxyl groups is 1. The molecule has 0 aliphatic rings. The van der Waals surface area contributed by atoms with Crippen molar-refractivity contribution in [3.05, 3.63) is 12.2 Å². The first-order valence-corrected chi connectivity index (χ1v) is 3.91. The van der Waals surface area contributed by atoms with Gasteiger partial charge < -0.3 is 5.11 Å².